The molecule has 0 aromatic carbocycles. The van der Waals surface area contributed by atoms with Crippen molar-refractivity contribution in [3.8, 4) is 0 Å². The summed E-state index contributed by atoms with van der Waals surface area (Å²) in [5.41, 5.74) is 3.00. The molecule has 0 saturated carbocycles. The molecule has 0 radical (unpaired) electrons. The van der Waals surface area contributed by atoms with Gasteiger partial charge in [0.05, 0.1) is 19.3 Å². The number of methoxy groups -OCH3 is 1. The first kappa shape index (κ1) is 16.2. The number of nitrogens with zero attached hydrogens (tertiary/aromatic N) is 1. The van der Waals surface area contributed by atoms with E-state index in [-0.39, 0.29) is 11.7 Å². The molecule has 0 amide bonds. The van der Waals surface area contributed by atoms with E-state index in [0.29, 0.717) is 19.7 Å². The summed E-state index contributed by atoms with van der Waals surface area (Å²) in [5.74, 6) is 0. The smallest absolute Gasteiger partial charge is 0.255 e. The van der Waals surface area contributed by atoms with Gasteiger partial charge in [0.2, 0.25) is 0 Å². The third-order valence-corrected chi connectivity index (χ3v) is 4.03. The third kappa shape index (κ3) is 4.15. The van der Waals surface area contributed by atoms with E-state index in [1.54, 1.807) is 7.11 Å². The largest absolute Gasteiger partial charge is 0.383 e. The Balaban J connectivity index is 2.14. The maximum absolute atomic E-state index is 12.7. The maximum Gasteiger partial charge on any atom is 0.255 e. The number of hydrogen-bond acceptors (Lipinski definition) is 4. The standard InChI is InChI=1S/C16H26N2O3/c1-12-9-13(2)18(11-14-5-4-7-21-14)16(19)15(12)10-17-6-8-20-3/h9,14,17H,4-8,10-11H2,1-3H3. The van der Waals surface area contributed by atoms with Crippen LogP contribution in [0.5, 0.6) is 0 Å². The van der Waals surface area contributed by atoms with Crippen LogP contribution >= 0.6 is 0 Å². The zero-order valence-corrected chi connectivity index (χ0v) is 13.3. The fourth-order valence-electron chi connectivity index (χ4n) is 2.79. The highest BCUT2D eigenvalue weighted by molar-refractivity contribution is 5.26. The molecule has 0 spiro atoms. The SMILES string of the molecule is COCCNCc1c(C)cc(C)n(CC2CCCO2)c1=O. The van der Waals surface area contributed by atoms with Crippen molar-refractivity contribution in [2.45, 2.75) is 45.9 Å². The Morgan fingerprint density at radius 2 is 2.29 bits per heavy atom. The second kappa shape index (κ2) is 7.73. The van der Waals surface area contributed by atoms with Gasteiger partial charge in [0.1, 0.15) is 0 Å². The summed E-state index contributed by atoms with van der Waals surface area (Å²) in [6, 6.07) is 2.09. The minimum Gasteiger partial charge on any atom is -0.383 e. The summed E-state index contributed by atoms with van der Waals surface area (Å²) >= 11 is 0. The lowest BCUT2D eigenvalue weighted by molar-refractivity contribution is 0.0955. The molecule has 1 saturated heterocycles. The van der Waals surface area contributed by atoms with Gasteiger partial charge in [-0.15, -0.1) is 0 Å². The zero-order valence-electron chi connectivity index (χ0n) is 13.3. The Kier molecular flexibility index (Phi) is 5.96. The molecule has 1 unspecified atom stereocenters. The lowest BCUT2D eigenvalue weighted by Crippen LogP contribution is -2.33. The second-order valence-corrected chi connectivity index (χ2v) is 5.67. The molecule has 1 aromatic rings. The van der Waals surface area contributed by atoms with Gasteiger partial charge in [0, 0.05) is 38.1 Å². The van der Waals surface area contributed by atoms with E-state index in [0.717, 1.165) is 42.8 Å². The Labute approximate surface area is 126 Å². The van der Waals surface area contributed by atoms with Crippen molar-refractivity contribution < 1.29 is 9.47 Å². The minimum absolute atomic E-state index is 0.105. The Morgan fingerprint density at radius 3 is 2.95 bits per heavy atom. The Bertz CT molecular complexity index is 519. The number of pyridine rings is 1. The number of nitrogens with one attached hydrogen (secondary N) is 1. The van der Waals surface area contributed by atoms with Crippen LogP contribution in [-0.2, 0) is 22.6 Å². The number of aromatic nitrogens is 1. The van der Waals surface area contributed by atoms with Gasteiger partial charge < -0.3 is 19.4 Å². The fraction of sp³-hybridized carbons (Fsp3) is 0.688. The number of hydrogen-bond donors (Lipinski definition) is 1. The highest BCUT2D eigenvalue weighted by atomic mass is 16.5. The summed E-state index contributed by atoms with van der Waals surface area (Å²) in [4.78, 5) is 12.7. The molecule has 5 heteroatoms. The van der Waals surface area contributed by atoms with Crippen LogP contribution in [0.15, 0.2) is 10.9 Å². The molecule has 118 valence electrons. The van der Waals surface area contributed by atoms with Gasteiger partial charge in [-0.1, -0.05) is 0 Å². The van der Waals surface area contributed by atoms with Gasteiger partial charge in [0.15, 0.2) is 0 Å². The maximum atomic E-state index is 12.7. The normalized spacial score (nSPS) is 18.3. The quantitative estimate of drug-likeness (QED) is 0.772. The average Bonchev–Trinajstić information content (AvgIpc) is 2.95. The van der Waals surface area contributed by atoms with Crippen LogP contribution < -0.4 is 10.9 Å². The minimum atomic E-state index is 0.105. The van der Waals surface area contributed by atoms with E-state index < -0.39 is 0 Å². The molecule has 2 rings (SSSR count). The fourth-order valence-corrected chi connectivity index (χ4v) is 2.79. The van der Waals surface area contributed by atoms with E-state index in [2.05, 4.69) is 11.4 Å². The van der Waals surface area contributed by atoms with Gasteiger partial charge in [-0.3, -0.25) is 4.79 Å². The molecule has 1 aliphatic heterocycles. The Hall–Kier alpha value is -1.17. The van der Waals surface area contributed by atoms with Crippen molar-refractivity contribution in [1.82, 2.24) is 9.88 Å². The van der Waals surface area contributed by atoms with Crippen molar-refractivity contribution in [2.24, 2.45) is 0 Å². The van der Waals surface area contributed by atoms with Crippen molar-refractivity contribution in [3.05, 3.63) is 33.2 Å². The van der Waals surface area contributed by atoms with E-state index in [1.165, 1.54) is 0 Å². The third-order valence-electron chi connectivity index (χ3n) is 4.03. The van der Waals surface area contributed by atoms with E-state index in [1.807, 2.05) is 18.4 Å². The summed E-state index contributed by atoms with van der Waals surface area (Å²) in [6.45, 7) is 7.44. The van der Waals surface area contributed by atoms with E-state index >= 15 is 0 Å². The molecule has 2 heterocycles. The average molecular weight is 294 g/mol. The summed E-state index contributed by atoms with van der Waals surface area (Å²) in [7, 11) is 1.67. The Morgan fingerprint density at radius 1 is 1.48 bits per heavy atom. The highest BCUT2D eigenvalue weighted by Gasteiger charge is 2.19. The molecule has 0 aliphatic carbocycles. The lowest BCUT2D eigenvalue weighted by atomic mass is 10.1. The van der Waals surface area contributed by atoms with Crippen molar-refractivity contribution in [1.29, 1.82) is 0 Å². The van der Waals surface area contributed by atoms with E-state index in [9.17, 15) is 4.79 Å². The van der Waals surface area contributed by atoms with Gasteiger partial charge >= 0.3 is 0 Å². The van der Waals surface area contributed by atoms with E-state index in [4.69, 9.17) is 9.47 Å². The lowest BCUT2D eigenvalue weighted by Gasteiger charge is -2.17. The first-order chi connectivity index (χ1) is 10.1. The van der Waals surface area contributed by atoms with Gasteiger partial charge in [-0.05, 0) is 38.3 Å². The first-order valence-electron chi connectivity index (χ1n) is 7.64. The van der Waals surface area contributed by atoms with Crippen LogP contribution in [0.1, 0.15) is 29.7 Å². The zero-order chi connectivity index (χ0) is 15.2. The predicted octanol–water partition coefficient (Wildman–Crippen LogP) is 1.38. The number of ether oxygens (including phenoxy) is 2. The predicted molar refractivity (Wildman–Crippen MR) is 82.7 cm³/mol. The molecule has 21 heavy (non-hydrogen) atoms. The molecule has 5 nitrogen and oxygen atoms in total. The van der Waals surface area contributed by atoms with Gasteiger partial charge in [0.25, 0.3) is 5.56 Å². The molecular weight excluding hydrogens is 268 g/mol. The molecule has 1 aliphatic rings. The van der Waals surface area contributed by atoms with Gasteiger partial charge in [-0.25, -0.2) is 0 Å². The van der Waals surface area contributed by atoms with Crippen LogP contribution in [-0.4, -0.2) is 37.5 Å². The molecule has 1 fully saturated rings. The first-order valence-corrected chi connectivity index (χ1v) is 7.64. The molecular formula is C16H26N2O3. The van der Waals surface area contributed by atoms with Gasteiger partial charge in [-0.2, -0.15) is 0 Å². The van der Waals surface area contributed by atoms with Crippen LogP contribution in [0, 0.1) is 13.8 Å². The molecule has 0 bridgehead atoms. The van der Waals surface area contributed by atoms with Crippen molar-refractivity contribution in [3.63, 3.8) is 0 Å². The number of rotatable bonds is 7. The van der Waals surface area contributed by atoms with Crippen molar-refractivity contribution in [2.75, 3.05) is 26.9 Å². The summed E-state index contributed by atoms with van der Waals surface area (Å²) in [5, 5.41) is 3.26. The second-order valence-electron chi connectivity index (χ2n) is 5.67. The summed E-state index contributed by atoms with van der Waals surface area (Å²) in [6.07, 6.45) is 2.31. The summed E-state index contributed by atoms with van der Waals surface area (Å²) < 4.78 is 12.5. The van der Waals surface area contributed by atoms with Crippen LogP contribution in [0.2, 0.25) is 0 Å². The number of aryl methyl sites for hydroxylation is 2. The van der Waals surface area contributed by atoms with Crippen LogP contribution in [0.3, 0.4) is 0 Å². The molecule has 1 atom stereocenters. The van der Waals surface area contributed by atoms with Crippen LogP contribution in [0.4, 0.5) is 0 Å². The molecule has 1 N–H and O–H groups in total. The van der Waals surface area contributed by atoms with Crippen molar-refractivity contribution >= 4 is 0 Å². The monoisotopic (exact) mass is 294 g/mol. The molecule has 1 aromatic heterocycles. The topological polar surface area (TPSA) is 52.5 Å². The highest BCUT2D eigenvalue weighted by Crippen LogP contribution is 2.15. The van der Waals surface area contributed by atoms with Crippen LogP contribution in [0.25, 0.3) is 0 Å².